The molecule has 48 heavy (non-hydrogen) atoms. The molecule has 0 spiro atoms. The highest BCUT2D eigenvalue weighted by Crippen LogP contribution is 2.38. The van der Waals surface area contributed by atoms with Gasteiger partial charge in [-0.3, -0.25) is 4.79 Å². The molecule has 1 aliphatic carbocycles. The summed E-state index contributed by atoms with van der Waals surface area (Å²) in [6.07, 6.45) is 8.67. The van der Waals surface area contributed by atoms with E-state index in [0.717, 1.165) is 34.4 Å². The Balaban J connectivity index is 1.28. The normalized spacial score (nSPS) is 18.1. The first-order valence-electron chi connectivity index (χ1n) is 16.1. The van der Waals surface area contributed by atoms with Gasteiger partial charge in [-0.25, -0.2) is 24.0 Å². The van der Waals surface area contributed by atoms with Crippen molar-refractivity contribution in [2.24, 2.45) is 11.7 Å². The number of ether oxygens (including phenoxy) is 2. The zero-order chi connectivity index (χ0) is 32.9. The fourth-order valence-electron chi connectivity index (χ4n) is 6.77. The topological polar surface area (TPSA) is 131 Å². The molecule has 2 fully saturated rings. The average molecular weight is 650 g/mol. The predicted octanol–water partition coefficient (Wildman–Crippen LogP) is 4.62. The van der Waals surface area contributed by atoms with Gasteiger partial charge in [-0.05, 0) is 67.6 Å². The zero-order valence-corrected chi connectivity index (χ0v) is 26.8. The van der Waals surface area contributed by atoms with Crippen LogP contribution in [0.2, 0.25) is 0 Å². The largest absolute Gasteiger partial charge is 0.494 e. The third-order valence-corrected chi connectivity index (χ3v) is 9.18. The van der Waals surface area contributed by atoms with Crippen molar-refractivity contribution in [3.8, 4) is 28.8 Å². The molecule has 0 bridgehead atoms. The number of likely N-dealkylation sites (tertiary alicyclic amines) is 1. The maximum absolute atomic E-state index is 14.4. The van der Waals surface area contributed by atoms with Gasteiger partial charge in [-0.1, -0.05) is 0 Å². The molecule has 1 amide bonds. The summed E-state index contributed by atoms with van der Waals surface area (Å²) in [5.41, 5.74) is 11.2. The summed E-state index contributed by atoms with van der Waals surface area (Å²) in [5, 5.41) is 5.65. The first kappa shape index (κ1) is 30.1. The van der Waals surface area contributed by atoms with Gasteiger partial charge in [0.05, 0.1) is 44.7 Å². The molecule has 2 N–H and O–H groups in total. The molecule has 246 valence electrons. The summed E-state index contributed by atoms with van der Waals surface area (Å²) in [4.78, 5) is 29.5. The third kappa shape index (κ3) is 5.43. The number of alkyl halides is 1. The average Bonchev–Trinajstić information content (AvgIpc) is 3.50. The van der Waals surface area contributed by atoms with E-state index in [9.17, 15) is 9.18 Å². The summed E-state index contributed by atoms with van der Waals surface area (Å²) < 4.78 is 32.0. The van der Waals surface area contributed by atoms with Gasteiger partial charge in [0, 0.05) is 54.2 Å². The smallest absolute Gasteiger partial charge is 0.254 e. The lowest BCUT2D eigenvalue weighted by Gasteiger charge is -2.33. The van der Waals surface area contributed by atoms with E-state index in [-0.39, 0.29) is 18.9 Å². The summed E-state index contributed by atoms with van der Waals surface area (Å²) >= 11 is 0. The Labute approximate surface area is 275 Å². The van der Waals surface area contributed by atoms with Crippen molar-refractivity contribution < 1.29 is 18.7 Å². The molecule has 12 nitrogen and oxygen atoms in total. The van der Waals surface area contributed by atoms with Crippen molar-refractivity contribution in [2.45, 2.75) is 44.6 Å². The second-order valence-corrected chi connectivity index (χ2v) is 12.7. The van der Waals surface area contributed by atoms with Crippen molar-refractivity contribution in [3.05, 3.63) is 78.4 Å². The van der Waals surface area contributed by atoms with Crippen LogP contribution in [0.15, 0.2) is 67.3 Å². The number of hydrogen-bond donors (Lipinski definition) is 1. The quantitative estimate of drug-likeness (QED) is 0.240. The van der Waals surface area contributed by atoms with Gasteiger partial charge in [0.2, 0.25) is 5.88 Å². The van der Waals surface area contributed by atoms with E-state index in [1.165, 1.54) is 17.7 Å². The molecule has 0 radical (unpaired) electrons. The summed E-state index contributed by atoms with van der Waals surface area (Å²) in [5.74, 6) is 1.94. The Kier molecular flexibility index (Phi) is 7.55. The third-order valence-electron chi connectivity index (χ3n) is 9.18. The number of carbonyl (C=O) groups excluding carboxylic acids is 1. The standard InChI is InChI=1S/C35H36FN9O3/c1-47-30-13-24(35(46)42-19-25(36)14-26(37)20-42)11-27-31(30)44(17-22-15-40-45(18-22)28-6-4-10-39-34(28)48-2)33(41-27)29-12-23-5-3-9-38-32(23)43(29)16-21-7-8-21/h3-6,9-13,15,18,21,25-26H,7-8,14,16-17,19-20,37H2,1-2H3/t25-,26-/m1/s1. The fourth-order valence-corrected chi connectivity index (χ4v) is 6.77. The van der Waals surface area contributed by atoms with Gasteiger partial charge in [-0.2, -0.15) is 5.10 Å². The Morgan fingerprint density at radius 1 is 1.04 bits per heavy atom. The summed E-state index contributed by atoms with van der Waals surface area (Å²) in [7, 11) is 3.16. The molecule has 6 aromatic rings. The van der Waals surface area contributed by atoms with E-state index in [0.29, 0.717) is 53.2 Å². The van der Waals surface area contributed by atoms with Gasteiger partial charge in [0.25, 0.3) is 5.91 Å². The second kappa shape index (κ2) is 12.1. The molecule has 6 heterocycles. The van der Waals surface area contributed by atoms with Crippen molar-refractivity contribution >= 4 is 28.0 Å². The number of pyridine rings is 2. The fraction of sp³-hybridized carbons (Fsp3) is 0.343. The van der Waals surface area contributed by atoms with Crippen LogP contribution in [-0.4, -0.2) is 84.2 Å². The van der Waals surface area contributed by atoms with Crippen molar-refractivity contribution in [2.75, 3.05) is 27.3 Å². The molecule has 13 heteroatoms. The maximum Gasteiger partial charge on any atom is 0.254 e. The number of methoxy groups -OCH3 is 2. The van der Waals surface area contributed by atoms with Crippen LogP contribution in [-0.2, 0) is 13.1 Å². The van der Waals surface area contributed by atoms with E-state index in [2.05, 4.69) is 31.3 Å². The SMILES string of the molecule is COc1ncccc1-n1cc(Cn2c(-c3cc4cccnc4n3CC3CC3)nc3cc(C(=O)N4C[C@H](N)C[C@@H](F)C4)cc(OC)c32)cn1. The minimum absolute atomic E-state index is 0.00650. The molecule has 8 rings (SSSR count). The van der Waals surface area contributed by atoms with E-state index in [1.807, 2.05) is 30.6 Å². The Bertz CT molecular complexity index is 2140. The number of fused-ring (bicyclic) bond motifs is 2. The number of aromatic nitrogens is 7. The Morgan fingerprint density at radius 3 is 2.67 bits per heavy atom. The van der Waals surface area contributed by atoms with E-state index in [1.54, 1.807) is 43.4 Å². The van der Waals surface area contributed by atoms with E-state index >= 15 is 0 Å². The van der Waals surface area contributed by atoms with Crippen LogP contribution < -0.4 is 15.2 Å². The molecule has 1 aliphatic heterocycles. The maximum atomic E-state index is 14.4. The first-order valence-corrected chi connectivity index (χ1v) is 16.1. The number of benzene rings is 1. The van der Waals surface area contributed by atoms with Crippen molar-refractivity contribution in [1.82, 2.24) is 38.8 Å². The van der Waals surface area contributed by atoms with Crippen LogP contribution in [0.3, 0.4) is 0 Å². The number of rotatable bonds is 9. The van der Waals surface area contributed by atoms with Gasteiger partial charge in [0.15, 0.2) is 5.82 Å². The van der Waals surface area contributed by atoms with Crippen LogP contribution in [0.4, 0.5) is 4.39 Å². The summed E-state index contributed by atoms with van der Waals surface area (Å²) in [6, 6.07) is 12.9. The van der Waals surface area contributed by atoms with E-state index in [4.69, 9.17) is 25.2 Å². The Hall–Kier alpha value is -5.30. The molecule has 1 saturated heterocycles. The van der Waals surface area contributed by atoms with Crippen molar-refractivity contribution in [3.63, 3.8) is 0 Å². The highest BCUT2D eigenvalue weighted by molar-refractivity contribution is 6.00. The first-order chi connectivity index (χ1) is 23.4. The molecular weight excluding hydrogens is 613 g/mol. The minimum atomic E-state index is -1.16. The van der Waals surface area contributed by atoms with Gasteiger partial charge in [0.1, 0.15) is 28.8 Å². The van der Waals surface area contributed by atoms with Crippen LogP contribution in [0.5, 0.6) is 11.6 Å². The second-order valence-electron chi connectivity index (χ2n) is 12.7. The lowest BCUT2D eigenvalue weighted by molar-refractivity contribution is 0.0606. The molecule has 5 aromatic heterocycles. The highest BCUT2D eigenvalue weighted by Gasteiger charge is 2.31. The van der Waals surface area contributed by atoms with Gasteiger partial charge >= 0.3 is 0 Å². The van der Waals surface area contributed by atoms with Crippen LogP contribution in [0.25, 0.3) is 39.3 Å². The predicted molar refractivity (Wildman–Crippen MR) is 178 cm³/mol. The highest BCUT2D eigenvalue weighted by atomic mass is 19.1. The monoisotopic (exact) mass is 649 g/mol. The lowest BCUT2D eigenvalue weighted by atomic mass is 10.0. The van der Waals surface area contributed by atoms with E-state index < -0.39 is 12.2 Å². The number of nitrogens with two attached hydrogens (primary N) is 1. The zero-order valence-electron chi connectivity index (χ0n) is 26.8. The van der Waals surface area contributed by atoms with Crippen LogP contribution in [0.1, 0.15) is 35.2 Å². The number of hydrogen-bond acceptors (Lipinski definition) is 8. The van der Waals surface area contributed by atoms with Crippen LogP contribution in [0, 0.1) is 5.92 Å². The Morgan fingerprint density at radius 2 is 1.88 bits per heavy atom. The van der Waals surface area contributed by atoms with Crippen LogP contribution >= 0.6 is 0 Å². The molecular formula is C35H36FN9O3. The molecule has 0 unspecified atom stereocenters. The molecule has 2 aliphatic rings. The lowest BCUT2D eigenvalue weighted by Crippen LogP contribution is -2.50. The summed E-state index contributed by atoms with van der Waals surface area (Å²) in [6.45, 7) is 1.53. The molecule has 1 saturated carbocycles. The van der Waals surface area contributed by atoms with Crippen molar-refractivity contribution in [1.29, 1.82) is 0 Å². The van der Waals surface area contributed by atoms with Gasteiger partial charge in [-0.15, -0.1) is 0 Å². The number of imidazole rings is 1. The minimum Gasteiger partial charge on any atom is -0.494 e. The number of halogens is 1. The molecule has 2 atom stereocenters. The number of amides is 1. The molecule has 1 aromatic carbocycles. The van der Waals surface area contributed by atoms with Gasteiger partial charge < -0.3 is 29.2 Å². The number of piperidine rings is 1. The number of nitrogens with zero attached hydrogens (tertiary/aromatic N) is 8. The number of carbonyl (C=O) groups is 1.